The van der Waals surface area contributed by atoms with Crippen molar-refractivity contribution in [2.45, 2.75) is 4.90 Å². The van der Waals surface area contributed by atoms with Crippen LogP contribution in [0.3, 0.4) is 0 Å². The Labute approximate surface area is 141 Å². The summed E-state index contributed by atoms with van der Waals surface area (Å²) in [6.45, 7) is 0. The average Bonchev–Trinajstić information content (AvgIpc) is 2.16. The molecule has 78 valence electrons. The third kappa shape index (κ3) is 2.86. The molecule has 0 saturated heterocycles. The fourth-order valence-electron chi connectivity index (χ4n) is 1.46. The summed E-state index contributed by atoms with van der Waals surface area (Å²) >= 11 is 5.88. The van der Waals surface area contributed by atoms with Crippen molar-refractivity contribution >= 4 is 32.5 Å². The van der Waals surface area contributed by atoms with Crippen LogP contribution in [0, 0.1) is 0 Å². The molecular formula is C10H6ClKO3S. The van der Waals surface area contributed by atoms with Crippen LogP contribution < -0.4 is 51.4 Å². The van der Waals surface area contributed by atoms with Crippen molar-refractivity contribution in [2.24, 2.45) is 0 Å². The van der Waals surface area contributed by atoms with E-state index < -0.39 is 10.1 Å². The minimum Gasteiger partial charge on any atom is -0.744 e. The quantitative estimate of drug-likeness (QED) is 0.518. The van der Waals surface area contributed by atoms with Gasteiger partial charge in [-0.2, -0.15) is 0 Å². The molecule has 0 atom stereocenters. The van der Waals surface area contributed by atoms with Crippen LogP contribution in [0.5, 0.6) is 0 Å². The van der Waals surface area contributed by atoms with E-state index in [-0.39, 0.29) is 56.3 Å². The molecule has 0 spiro atoms. The maximum atomic E-state index is 11.0. The van der Waals surface area contributed by atoms with Crippen LogP contribution in [0.4, 0.5) is 0 Å². The van der Waals surface area contributed by atoms with E-state index in [2.05, 4.69) is 0 Å². The summed E-state index contributed by atoms with van der Waals surface area (Å²) in [5, 5.41) is 1.36. The van der Waals surface area contributed by atoms with E-state index in [1.54, 1.807) is 24.3 Å². The third-order valence-electron chi connectivity index (χ3n) is 2.10. The van der Waals surface area contributed by atoms with Gasteiger partial charge in [-0.3, -0.25) is 0 Å². The second-order valence-electron chi connectivity index (χ2n) is 3.05. The zero-order valence-corrected chi connectivity index (χ0v) is 13.2. The van der Waals surface area contributed by atoms with Gasteiger partial charge in [0.05, 0.1) is 4.90 Å². The van der Waals surface area contributed by atoms with Crippen molar-refractivity contribution in [3.8, 4) is 0 Å². The Morgan fingerprint density at radius 1 is 1.00 bits per heavy atom. The Kier molecular flexibility index (Phi) is 4.97. The van der Waals surface area contributed by atoms with E-state index in [1.807, 2.05) is 0 Å². The first-order chi connectivity index (χ1) is 7.00. The predicted octanol–water partition coefficient (Wildman–Crippen LogP) is -0.599. The molecule has 0 saturated carbocycles. The molecule has 0 amide bonds. The van der Waals surface area contributed by atoms with Gasteiger partial charge in [-0.15, -0.1) is 0 Å². The fourth-order valence-corrected chi connectivity index (χ4v) is 2.39. The van der Waals surface area contributed by atoms with Crippen LogP contribution in [0.25, 0.3) is 10.8 Å². The minimum atomic E-state index is -4.45. The monoisotopic (exact) mass is 280 g/mol. The Balaban J connectivity index is 0.00000128. The molecule has 0 aromatic heterocycles. The normalized spacial score (nSPS) is 11.1. The zero-order valence-electron chi connectivity index (χ0n) is 8.48. The maximum Gasteiger partial charge on any atom is 1.00 e. The molecule has 0 heterocycles. The van der Waals surface area contributed by atoms with E-state index in [1.165, 1.54) is 12.1 Å². The average molecular weight is 281 g/mol. The summed E-state index contributed by atoms with van der Waals surface area (Å²) in [5.41, 5.74) is 0. The first-order valence-corrected chi connectivity index (χ1v) is 5.92. The van der Waals surface area contributed by atoms with E-state index in [4.69, 9.17) is 11.6 Å². The summed E-state index contributed by atoms with van der Waals surface area (Å²) in [5.74, 6) is 0. The molecule has 2 aromatic rings. The fraction of sp³-hybridized carbons (Fsp3) is 0. The maximum absolute atomic E-state index is 11.0. The Morgan fingerprint density at radius 3 is 2.19 bits per heavy atom. The molecule has 2 aromatic carbocycles. The molecule has 0 aliphatic carbocycles. The van der Waals surface area contributed by atoms with Crippen molar-refractivity contribution in [1.82, 2.24) is 0 Å². The van der Waals surface area contributed by atoms with E-state index in [0.29, 0.717) is 15.8 Å². The van der Waals surface area contributed by atoms with Gasteiger partial charge in [0.2, 0.25) is 0 Å². The molecule has 16 heavy (non-hydrogen) atoms. The molecule has 0 bridgehead atoms. The van der Waals surface area contributed by atoms with Crippen molar-refractivity contribution in [1.29, 1.82) is 0 Å². The van der Waals surface area contributed by atoms with Crippen LogP contribution >= 0.6 is 11.6 Å². The van der Waals surface area contributed by atoms with Crippen molar-refractivity contribution in [2.75, 3.05) is 0 Å². The Hall–Kier alpha value is 0.536. The van der Waals surface area contributed by atoms with Gasteiger partial charge in [0.25, 0.3) is 0 Å². The Morgan fingerprint density at radius 2 is 1.56 bits per heavy atom. The van der Waals surface area contributed by atoms with Crippen molar-refractivity contribution in [3.63, 3.8) is 0 Å². The number of rotatable bonds is 1. The zero-order chi connectivity index (χ0) is 11.1. The molecule has 0 radical (unpaired) electrons. The van der Waals surface area contributed by atoms with Gasteiger partial charge in [0, 0.05) is 15.8 Å². The van der Waals surface area contributed by atoms with Gasteiger partial charge in [-0.05, 0) is 12.1 Å². The summed E-state index contributed by atoms with van der Waals surface area (Å²) in [6.07, 6.45) is 0. The SMILES string of the molecule is O=S(=O)([O-])c1cccc2c(Cl)cccc12.[K+]. The van der Waals surface area contributed by atoms with Gasteiger partial charge in [-0.1, -0.05) is 35.9 Å². The topological polar surface area (TPSA) is 57.2 Å². The summed E-state index contributed by atoms with van der Waals surface area (Å²) < 4.78 is 32.9. The molecule has 0 N–H and O–H groups in total. The Bertz CT molecular complexity index is 625. The van der Waals surface area contributed by atoms with Crippen LogP contribution in [0.2, 0.25) is 5.02 Å². The van der Waals surface area contributed by atoms with Gasteiger partial charge in [-0.25, -0.2) is 8.42 Å². The number of hydrogen-bond donors (Lipinski definition) is 0. The number of fused-ring (bicyclic) bond motifs is 1. The third-order valence-corrected chi connectivity index (χ3v) is 3.32. The second kappa shape index (κ2) is 5.45. The molecule has 0 unspecified atom stereocenters. The predicted molar refractivity (Wildman–Crippen MR) is 56.9 cm³/mol. The first kappa shape index (κ1) is 14.6. The van der Waals surface area contributed by atoms with Crippen LogP contribution in [-0.2, 0) is 10.1 Å². The first-order valence-electron chi connectivity index (χ1n) is 4.13. The minimum absolute atomic E-state index is 0. The summed E-state index contributed by atoms with van der Waals surface area (Å²) in [6, 6.07) is 9.27. The van der Waals surface area contributed by atoms with E-state index >= 15 is 0 Å². The van der Waals surface area contributed by atoms with Gasteiger partial charge < -0.3 is 4.55 Å². The van der Waals surface area contributed by atoms with E-state index in [9.17, 15) is 13.0 Å². The molecule has 6 heteroatoms. The number of halogens is 1. The molecule has 0 fully saturated rings. The molecule has 0 aliphatic heterocycles. The van der Waals surface area contributed by atoms with Crippen LogP contribution in [-0.4, -0.2) is 13.0 Å². The van der Waals surface area contributed by atoms with Gasteiger partial charge >= 0.3 is 51.4 Å². The largest absolute Gasteiger partial charge is 1.00 e. The van der Waals surface area contributed by atoms with Crippen molar-refractivity contribution < 1.29 is 64.4 Å². The smallest absolute Gasteiger partial charge is 0.744 e. The molecule has 3 nitrogen and oxygen atoms in total. The second-order valence-corrected chi connectivity index (χ2v) is 4.80. The van der Waals surface area contributed by atoms with Crippen LogP contribution in [0.15, 0.2) is 41.3 Å². The molecule has 2 rings (SSSR count). The number of benzene rings is 2. The van der Waals surface area contributed by atoms with Gasteiger partial charge in [0.1, 0.15) is 10.1 Å². The molecule has 0 aliphatic rings. The van der Waals surface area contributed by atoms with Gasteiger partial charge in [0.15, 0.2) is 0 Å². The van der Waals surface area contributed by atoms with E-state index in [0.717, 1.165) is 0 Å². The summed E-state index contributed by atoms with van der Waals surface area (Å²) in [7, 11) is -4.45. The van der Waals surface area contributed by atoms with Crippen molar-refractivity contribution in [3.05, 3.63) is 41.4 Å². The standard InChI is InChI=1S/C10H7ClO3S.K/c11-9-5-1-4-8-7(9)3-2-6-10(8)15(12,13)14;/h1-6H,(H,12,13,14);/q;+1/p-1. The van der Waals surface area contributed by atoms with Crippen LogP contribution in [0.1, 0.15) is 0 Å². The number of hydrogen-bond acceptors (Lipinski definition) is 3. The molecular weight excluding hydrogens is 275 g/mol. The summed E-state index contributed by atoms with van der Waals surface area (Å²) in [4.78, 5) is -0.234.